The van der Waals surface area contributed by atoms with Crippen molar-refractivity contribution in [1.82, 2.24) is 0 Å². The first kappa shape index (κ1) is 14.1. The van der Waals surface area contributed by atoms with E-state index in [1.165, 1.54) is 22.3 Å². The zero-order valence-electron chi connectivity index (χ0n) is 11.9. The Balaban J connectivity index is 2.49. The third kappa shape index (κ3) is 2.99. The van der Waals surface area contributed by atoms with E-state index in [2.05, 4.69) is 39.0 Å². The lowest BCUT2D eigenvalue weighted by molar-refractivity contribution is 0.857. The van der Waals surface area contributed by atoms with E-state index < -0.39 is 0 Å². The van der Waals surface area contributed by atoms with Crippen molar-refractivity contribution in [3.8, 4) is 0 Å². The minimum absolute atomic E-state index is 0.128. The summed E-state index contributed by atoms with van der Waals surface area (Å²) in [6.07, 6.45) is 0. The summed E-state index contributed by atoms with van der Waals surface area (Å²) in [5.41, 5.74) is 13.6. The van der Waals surface area contributed by atoms with E-state index in [-0.39, 0.29) is 6.04 Å². The highest BCUT2D eigenvalue weighted by Gasteiger charge is 2.13. The zero-order valence-corrected chi connectivity index (χ0v) is 12.7. The predicted octanol–water partition coefficient (Wildman–Crippen LogP) is 4.62. The van der Waals surface area contributed by atoms with Crippen molar-refractivity contribution in [2.45, 2.75) is 33.7 Å². The molecule has 0 spiro atoms. The topological polar surface area (TPSA) is 26.0 Å². The molecule has 0 radical (unpaired) electrons. The Morgan fingerprint density at radius 2 is 1.47 bits per heavy atom. The molecule has 0 saturated heterocycles. The standard InChI is InChI=1S/C17H20ClN/c1-10-5-14(9-15(18)6-10)17(19)16-8-12(3)11(2)7-13(16)4/h5-9,17H,19H2,1-4H3. The van der Waals surface area contributed by atoms with Gasteiger partial charge in [-0.05, 0) is 73.2 Å². The van der Waals surface area contributed by atoms with Crippen LogP contribution in [0.15, 0.2) is 30.3 Å². The lowest BCUT2D eigenvalue weighted by Gasteiger charge is -2.18. The second-order valence-electron chi connectivity index (χ2n) is 5.33. The van der Waals surface area contributed by atoms with E-state index in [1.54, 1.807) is 0 Å². The third-order valence-corrected chi connectivity index (χ3v) is 3.86. The largest absolute Gasteiger partial charge is 0.320 e. The van der Waals surface area contributed by atoms with Gasteiger partial charge in [0, 0.05) is 5.02 Å². The van der Waals surface area contributed by atoms with Crippen LogP contribution in [0.2, 0.25) is 5.02 Å². The summed E-state index contributed by atoms with van der Waals surface area (Å²) in [6.45, 7) is 8.39. The zero-order chi connectivity index (χ0) is 14.2. The Hall–Kier alpha value is -1.31. The van der Waals surface area contributed by atoms with Gasteiger partial charge in [0.2, 0.25) is 0 Å². The Labute approximate surface area is 120 Å². The molecule has 2 rings (SSSR count). The first-order chi connectivity index (χ1) is 8.88. The van der Waals surface area contributed by atoms with Gasteiger partial charge in [0.1, 0.15) is 0 Å². The van der Waals surface area contributed by atoms with Crippen LogP contribution in [0.3, 0.4) is 0 Å². The average Bonchev–Trinajstić information content (AvgIpc) is 2.31. The molecule has 0 aromatic heterocycles. The molecule has 19 heavy (non-hydrogen) atoms. The maximum Gasteiger partial charge on any atom is 0.0554 e. The highest BCUT2D eigenvalue weighted by atomic mass is 35.5. The summed E-state index contributed by atoms with van der Waals surface area (Å²) in [4.78, 5) is 0. The van der Waals surface area contributed by atoms with Crippen LogP contribution in [-0.4, -0.2) is 0 Å². The van der Waals surface area contributed by atoms with Gasteiger partial charge >= 0.3 is 0 Å². The van der Waals surface area contributed by atoms with Gasteiger partial charge in [0.15, 0.2) is 0 Å². The fourth-order valence-electron chi connectivity index (χ4n) is 2.44. The molecule has 1 nitrogen and oxygen atoms in total. The van der Waals surface area contributed by atoms with Gasteiger partial charge in [0.25, 0.3) is 0 Å². The molecule has 2 aromatic carbocycles. The average molecular weight is 274 g/mol. The van der Waals surface area contributed by atoms with Crippen molar-refractivity contribution >= 4 is 11.6 Å². The van der Waals surface area contributed by atoms with Crippen LogP contribution in [0, 0.1) is 27.7 Å². The van der Waals surface area contributed by atoms with Gasteiger partial charge in [0.05, 0.1) is 6.04 Å². The van der Waals surface area contributed by atoms with E-state index in [9.17, 15) is 0 Å². The molecule has 2 N–H and O–H groups in total. The number of hydrogen-bond acceptors (Lipinski definition) is 1. The molecule has 0 aliphatic carbocycles. The molecule has 0 aliphatic heterocycles. The van der Waals surface area contributed by atoms with Crippen molar-refractivity contribution in [3.63, 3.8) is 0 Å². The smallest absolute Gasteiger partial charge is 0.0554 e. The normalized spacial score (nSPS) is 12.5. The van der Waals surface area contributed by atoms with Crippen LogP contribution in [0.5, 0.6) is 0 Å². The van der Waals surface area contributed by atoms with Crippen molar-refractivity contribution in [3.05, 3.63) is 68.7 Å². The molecule has 1 unspecified atom stereocenters. The van der Waals surface area contributed by atoms with E-state index in [0.717, 1.165) is 16.1 Å². The highest BCUT2D eigenvalue weighted by molar-refractivity contribution is 6.30. The first-order valence-corrected chi connectivity index (χ1v) is 6.86. The molecule has 0 fully saturated rings. The molecule has 0 aliphatic rings. The lowest BCUT2D eigenvalue weighted by Crippen LogP contribution is -2.14. The van der Waals surface area contributed by atoms with Crippen molar-refractivity contribution in [2.75, 3.05) is 0 Å². The van der Waals surface area contributed by atoms with Gasteiger partial charge < -0.3 is 5.73 Å². The number of hydrogen-bond donors (Lipinski definition) is 1. The Morgan fingerprint density at radius 1 is 0.842 bits per heavy atom. The summed E-state index contributed by atoms with van der Waals surface area (Å²) < 4.78 is 0. The van der Waals surface area contributed by atoms with E-state index in [1.807, 2.05) is 19.1 Å². The van der Waals surface area contributed by atoms with Crippen LogP contribution in [0.4, 0.5) is 0 Å². The maximum atomic E-state index is 6.42. The molecule has 2 heteroatoms. The second-order valence-corrected chi connectivity index (χ2v) is 5.77. The minimum atomic E-state index is -0.128. The molecule has 1 atom stereocenters. The van der Waals surface area contributed by atoms with Crippen molar-refractivity contribution in [2.24, 2.45) is 5.73 Å². The summed E-state index contributed by atoms with van der Waals surface area (Å²) >= 11 is 6.12. The highest BCUT2D eigenvalue weighted by Crippen LogP contribution is 2.27. The Kier molecular flexibility index (Phi) is 3.98. The molecule has 0 saturated carbocycles. The van der Waals surface area contributed by atoms with Crippen LogP contribution in [-0.2, 0) is 0 Å². The van der Waals surface area contributed by atoms with E-state index >= 15 is 0 Å². The van der Waals surface area contributed by atoms with Crippen LogP contribution >= 0.6 is 11.6 Å². The molecule has 0 bridgehead atoms. The van der Waals surface area contributed by atoms with Gasteiger partial charge in [-0.3, -0.25) is 0 Å². The van der Waals surface area contributed by atoms with Crippen molar-refractivity contribution in [1.29, 1.82) is 0 Å². The number of rotatable bonds is 2. The number of nitrogens with two attached hydrogens (primary N) is 1. The Bertz CT molecular complexity index is 597. The number of halogens is 1. The molecule has 0 heterocycles. The molecular formula is C17H20ClN. The monoisotopic (exact) mass is 273 g/mol. The summed E-state index contributed by atoms with van der Waals surface area (Å²) in [7, 11) is 0. The molecule has 100 valence electrons. The van der Waals surface area contributed by atoms with Gasteiger partial charge in [-0.1, -0.05) is 29.8 Å². The van der Waals surface area contributed by atoms with Crippen LogP contribution < -0.4 is 5.73 Å². The number of benzene rings is 2. The fourth-order valence-corrected chi connectivity index (χ4v) is 2.74. The summed E-state index contributed by atoms with van der Waals surface area (Å²) in [5.74, 6) is 0. The van der Waals surface area contributed by atoms with Gasteiger partial charge in [-0.25, -0.2) is 0 Å². The van der Waals surface area contributed by atoms with Gasteiger partial charge in [-0.2, -0.15) is 0 Å². The maximum absolute atomic E-state index is 6.42. The summed E-state index contributed by atoms with van der Waals surface area (Å²) in [6, 6.07) is 10.3. The van der Waals surface area contributed by atoms with E-state index in [0.29, 0.717) is 0 Å². The Morgan fingerprint density at radius 3 is 2.11 bits per heavy atom. The molecular weight excluding hydrogens is 254 g/mol. The second kappa shape index (κ2) is 5.36. The van der Waals surface area contributed by atoms with Crippen LogP contribution in [0.1, 0.15) is 39.4 Å². The molecule has 0 amide bonds. The SMILES string of the molecule is Cc1cc(Cl)cc(C(N)c2cc(C)c(C)cc2C)c1. The lowest BCUT2D eigenvalue weighted by atomic mass is 9.92. The molecule has 2 aromatic rings. The van der Waals surface area contributed by atoms with E-state index in [4.69, 9.17) is 17.3 Å². The van der Waals surface area contributed by atoms with Crippen LogP contribution in [0.25, 0.3) is 0 Å². The minimum Gasteiger partial charge on any atom is -0.320 e. The van der Waals surface area contributed by atoms with Crippen molar-refractivity contribution < 1.29 is 0 Å². The summed E-state index contributed by atoms with van der Waals surface area (Å²) in [5, 5.41) is 0.743. The quantitative estimate of drug-likeness (QED) is 0.849. The third-order valence-electron chi connectivity index (χ3n) is 3.64. The van der Waals surface area contributed by atoms with Gasteiger partial charge in [-0.15, -0.1) is 0 Å². The predicted molar refractivity (Wildman–Crippen MR) is 82.9 cm³/mol. The fraction of sp³-hybridized carbons (Fsp3) is 0.294. The first-order valence-electron chi connectivity index (χ1n) is 6.49. The number of aryl methyl sites for hydroxylation is 4.